The van der Waals surface area contributed by atoms with E-state index in [1.165, 1.54) is 11.1 Å². The number of hydrogen-bond acceptors (Lipinski definition) is 9. The maximum atomic E-state index is 13.7. The molecular weight excluding hydrogens is 553 g/mol. The molecule has 2 aliphatic heterocycles. The number of alkyl halides is 3. The highest BCUT2D eigenvalue weighted by atomic mass is 19.4. The molecule has 2 saturated heterocycles. The number of nitrogens with zero attached hydrogens (tertiary/aromatic N) is 7. The number of ether oxygens (including phenoxy) is 1. The first-order chi connectivity index (χ1) is 20.2. The second kappa shape index (κ2) is 11.8. The lowest BCUT2D eigenvalue weighted by Gasteiger charge is -2.35. The predicted molar refractivity (Wildman–Crippen MR) is 144 cm³/mol. The summed E-state index contributed by atoms with van der Waals surface area (Å²) in [6.45, 7) is 1.97. The average Bonchev–Trinajstić information content (AvgIpc) is 3.42. The Hall–Kier alpha value is -5.11. The van der Waals surface area contributed by atoms with E-state index in [2.05, 4.69) is 16.2 Å². The molecule has 2 aliphatic rings. The van der Waals surface area contributed by atoms with E-state index in [9.17, 15) is 28.0 Å². The number of nitrogens with one attached hydrogen (secondary N) is 1. The molecule has 2 atom stereocenters. The Kier molecular flexibility index (Phi) is 7.97. The van der Waals surface area contributed by atoms with Crippen LogP contribution in [-0.4, -0.2) is 71.4 Å². The summed E-state index contributed by atoms with van der Waals surface area (Å²) < 4.78 is 47.0. The lowest BCUT2D eigenvalue weighted by molar-refractivity contribution is -0.138. The zero-order chi connectivity index (χ0) is 29.9. The lowest BCUT2D eigenvalue weighted by Crippen LogP contribution is -2.49. The Morgan fingerprint density at radius 3 is 2.57 bits per heavy atom. The van der Waals surface area contributed by atoms with Gasteiger partial charge in [0.15, 0.2) is 0 Å². The van der Waals surface area contributed by atoms with Crippen molar-refractivity contribution >= 4 is 17.4 Å². The van der Waals surface area contributed by atoms with Crippen molar-refractivity contribution in [2.24, 2.45) is 5.92 Å². The average molecular weight is 579 g/mol. The van der Waals surface area contributed by atoms with Crippen LogP contribution in [0.2, 0.25) is 0 Å². The third-order valence-electron chi connectivity index (χ3n) is 7.32. The number of rotatable bonds is 6. The number of carbonyl (C=O) groups is 1. The summed E-state index contributed by atoms with van der Waals surface area (Å²) in [5, 5.41) is 23.8. The van der Waals surface area contributed by atoms with Gasteiger partial charge in [-0.2, -0.15) is 28.8 Å². The number of hydrogen-bond donors (Lipinski definition) is 1. The van der Waals surface area contributed by atoms with Crippen molar-refractivity contribution in [3.8, 4) is 17.9 Å². The number of aromatic amines is 1. The van der Waals surface area contributed by atoms with Gasteiger partial charge >= 0.3 is 6.18 Å². The number of piperazine rings is 1. The highest BCUT2D eigenvalue weighted by molar-refractivity contribution is 5.94. The first-order valence-corrected chi connectivity index (χ1v) is 13.1. The second-order valence-electron chi connectivity index (χ2n) is 9.96. The second-order valence-corrected chi connectivity index (χ2v) is 9.96. The molecule has 11 nitrogen and oxygen atoms in total. The fourth-order valence-corrected chi connectivity index (χ4v) is 5.22. The van der Waals surface area contributed by atoms with Crippen molar-refractivity contribution in [2.75, 3.05) is 49.1 Å². The summed E-state index contributed by atoms with van der Waals surface area (Å²) in [6, 6.07) is 13.5. The van der Waals surface area contributed by atoms with Gasteiger partial charge in [-0.25, -0.2) is 10.1 Å². The Labute approximate surface area is 238 Å². The van der Waals surface area contributed by atoms with Crippen LogP contribution in [0.5, 0.6) is 5.75 Å². The molecule has 4 heterocycles. The molecule has 0 unspecified atom stereocenters. The van der Waals surface area contributed by atoms with Crippen LogP contribution in [0.3, 0.4) is 0 Å². The van der Waals surface area contributed by atoms with Gasteiger partial charge in [0.1, 0.15) is 29.8 Å². The van der Waals surface area contributed by atoms with Gasteiger partial charge in [0.25, 0.3) is 11.5 Å². The zero-order valence-electron chi connectivity index (χ0n) is 22.2. The summed E-state index contributed by atoms with van der Waals surface area (Å²) in [4.78, 5) is 34.6. The minimum absolute atomic E-state index is 0.0127. The van der Waals surface area contributed by atoms with Gasteiger partial charge < -0.3 is 19.4 Å². The Morgan fingerprint density at radius 2 is 1.90 bits per heavy atom. The van der Waals surface area contributed by atoms with Crippen LogP contribution in [0.1, 0.15) is 27.9 Å². The van der Waals surface area contributed by atoms with Crippen LogP contribution in [0.15, 0.2) is 53.6 Å². The number of anilines is 2. The molecule has 0 spiro atoms. The van der Waals surface area contributed by atoms with E-state index in [1.54, 1.807) is 41.3 Å². The molecule has 2 fully saturated rings. The molecule has 2 aromatic heterocycles. The van der Waals surface area contributed by atoms with Crippen LogP contribution < -0.4 is 20.1 Å². The third kappa shape index (κ3) is 5.98. The first kappa shape index (κ1) is 28.4. The third-order valence-corrected chi connectivity index (χ3v) is 7.32. The van der Waals surface area contributed by atoms with E-state index in [0.717, 1.165) is 12.0 Å². The topological polar surface area (TPSA) is 142 Å². The Balaban J connectivity index is 1.25. The van der Waals surface area contributed by atoms with Crippen LogP contribution in [0.4, 0.5) is 24.7 Å². The van der Waals surface area contributed by atoms with Gasteiger partial charge in [-0.05, 0) is 36.8 Å². The van der Waals surface area contributed by atoms with Gasteiger partial charge in [-0.1, -0.05) is 6.07 Å². The minimum Gasteiger partial charge on any atom is -0.491 e. The molecule has 14 heteroatoms. The molecule has 3 aromatic rings. The van der Waals surface area contributed by atoms with Crippen molar-refractivity contribution in [1.82, 2.24) is 20.1 Å². The SMILES string of the molecule is N#Cc1ccc(N2CCN(C(=O)c3cccc(OC[C@@H]4C[C@H](C#N)CN4c4cn[nH]c(=O)c4C(F)(F)F)c3)CC2)nc1. The van der Waals surface area contributed by atoms with Crippen LogP contribution in [-0.2, 0) is 6.18 Å². The van der Waals surface area contributed by atoms with Crippen LogP contribution in [0, 0.1) is 28.6 Å². The molecular formula is C28H25F3N8O3. The van der Waals surface area contributed by atoms with E-state index in [4.69, 9.17) is 10.00 Å². The smallest absolute Gasteiger partial charge is 0.423 e. The fourth-order valence-electron chi connectivity index (χ4n) is 5.22. The molecule has 42 heavy (non-hydrogen) atoms. The van der Waals surface area contributed by atoms with Gasteiger partial charge in [-0.3, -0.25) is 9.59 Å². The first-order valence-electron chi connectivity index (χ1n) is 13.1. The highest BCUT2D eigenvalue weighted by Gasteiger charge is 2.42. The summed E-state index contributed by atoms with van der Waals surface area (Å²) in [6.07, 6.45) is -2.24. The highest BCUT2D eigenvalue weighted by Crippen LogP contribution is 2.37. The summed E-state index contributed by atoms with van der Waals surface area (Å²) in [7, 11) is 0. The molecule has 0 aliphatic carbocycles. The summed E-state index contributed by atoms with van der Waals surface area (Å²) in [5.41, 5.74) is -2.27. The zero-order valence-corrected chi connectivity index (χ0v) is 22.2. The molecule has 216 valence electrons. The fraction of sp³-hybridized carbons (Fsp3) is 0.357. The maximum absolute atomic E-state index is 13.7. The summed E-state index contributed by atoms with van der Waals surface area (Å²) >= 11 is 0. The molecule has 0 bridgehead atoms. The number of halogens is 3. The van der Waals surface area contributed by atoms with Crippen molar-refractivity contribution < 1.29 is 22.7 Å². The van der Waals surface area contributed by atoms with E-state index in [0.29, 0.717) is 43.1 Å². The van der Waals surface area contributed by atoms with Gasteiger partial charge in [0.2, 0.25) is 0 Å². The molecule has 5 rings (SSSR count). The minimum atomic E-state index is -4.92. The van der Waals surface area contributed by atoms with Crippen molar-refractivity contribution in [3.05, 3.63) is 75.8 Å². The lowest BCUT2D eigenvalue weighted by atomic mass is 10.1. The number of pyridine rings is 1. The molecule has 1 amide bonds. The quantitative estimate of drug-likeness (QED) is 0.467. The van der Waals surface area contributed by atoms with Gasteiger partial charge in [0, 0.05) is 44.5 Å². The van der Waals surface area contributed by atoms with E-state index in [-0.39, 0.29) is 25.5 Å². The van der Waals surface area contributed by atoms with E-state index < -0.39 is 34.9 Å². The van der Waals surface area contributed by atoms with E-state index in [1.807, 2.05) is 16.1 Å². The maximum Gasteiger partial charge on any atom is 0.423 e. The molecule has 1 N–H and O–H groups in total. The Bertz CT molecular complexity index is 1590. The largest absolute Gasteiger partial charge is 0.491 e. The van der Waals surface area contributed by atoms with E-state index >= 15 is 0 Å². The number of benzene rings is 1. The van der Waals surface area contributed by atoms with Crippen LogP contribution in [0.25, 0.3) is 0 Å². The Morgan fingerprint density at radius 1 is 1.12 bits per heavy atom. The number of amides is 1. The predicted octanol–water partition coefficient (Wildman–Crippen LogP) is 2.82. The summed E-state index contributed by atoms with van der Waals surface area (Å²) in [5.74, 6) is 0.324. The van der Waals surface area contributed by atoms with Gasteiger partial charge in [-0.15, -0.1) is 0 Å². The van der Waals surface area contributed by atoms with Crippen molar-refractivity contribution in [2.45, 2.75) is 18.6 Å². The monoisotopic (exact) mass is 578 g/mol. The standard InChI is InChI=1S/C28H25F3N8O3/c29-28(30,31)25-23(15-35-36-26(25)40)39-16-19(13-33)10-21(39)17-42-22-3-1-2-20(11-22)27(41)38-8-6-37(7-9-38)24-5-4-18(12-32)14-34-24/h1-5,11,14-15,19,21H,6-10,16-17H2,(H,36,40)/t19-,21+/m1/s1. The molecule has 0 saturated carbocycles. The van der Waals surface area contributed by atoms with Gasteiger partial charge in [0.05, 0.1) is 35.5 Å². The number of H-pyrrole nitrogens is 1. The van der Waals surface area contributed by atoms with Crippen molar-refractivity contribution in [3.63, 3.8) is 0 Å². The number of aromatic nitrogens is 3. The molecule has 1 aromatic carbocycles. The molecule has 0 radical (unpaired) electrons. The van der Waals surface area contributed by atoms with Crippen LogP contribution >= 0.6 is 0 Å². The number of carbonyl (C=O) groups excluding carboxylic acids is 1. The van der Waals surface area contributed by atoms with Crippen molar-refractivity contribution in [1.29, 1.82) is 10.5 Å². The number of nitriles is 2. The normalized spacial score (nSPS) is 18.8.